The first-order valence-electron chi connectivity index (χ1n) is 9.96. The Morgan fingerprint density at radius 3 is 2.69 bits per heavy atom. The number of nitrogens with zero attached hydrogens (tertiary/aromatic N) is 2. The highest BCUT2D eigenvalue weighted by molar-refractivity contribution is 5.92. The summed E-state index contributed by atoms with van der Waals surface area (Å²) in [5.74, 6) is 0.453. The molecule has 1 aliphatic carbocycles. The predicted octanol–water partition coefficient (Wildman–Crippen LogP) is 2.57. The summed E-state index contributed by atoms with van der Waals surface area (Å²) in [4.78, 5) is 29.2. The molecular formula is C21H25N5O3. The summed E-state index contributed by atoms with van der Waals surface area (Å²) >= 11 is 0. The van der Waals surface area contributed by atoms with Crippen molar-refractivity contribution in [3.05, 3.63) is 47.3 Å². The number of aromatic amines is 1. The third kappa shape index (κ3) is 4.31. The number of carbonyl (C=O) groups is 2. The largest absolute Gasteiger partial charge is 0.436 e. The average molecular weight is 395 g/mol. The summed E-state index contributed by atoms with van der Waals surface area (Å²) < 4.78 is 5.40. The lowest BCUT2D eigenvalue weighted by Gasteiger charge is -2.30. The maximum absolute atomic E-state index is 12.6. The highest BCUT2D eigenvalue weighted by Gasteiger charge is 2.26. The fraction of sp³-hybridized carbons (Fsp3) is 0.429. The van der Waals surface area contributed by atoms with Crippen molar-refractivity contribution < 1.29 is 14.0 Å². The van der Waals surface area contributed by atoms with E-state index >= 15 is 0 Å². The van der Waals surface area contributed by atoms with Gasteiger partial charge in [0.25, 0.3) is 5.91 Å². The molecule has 1 aromatic carbocycles. The number of hydrogen-bond acceptors (Lipinski definition) is 5. The molecule has 2 atom stereocenters. The minimum Gasteiger partial charge on any atom is -0.436 e. The lowest BCUT2D eigenvalue weighted by molar-refractivity contribution is -0.121. The van der Waals surface area contributed by atoms with Crippen molar-refractivity contribution >= 4 is 22.7 Å². The van der Waals surface area contributed by atoms with Crippen molar-refractivity contribution in [3.8, 4) is 0 Å². The maximum atomic E-state index is 12.6. The molecule has 1 aliphatic rings. The Balaban J connectivity index is 1.33. The standard InChI is InChI=1S/C21H25N5O3/c1-12-20(29-13(2)22-12)21(28)24-15-7-5-6-14(10-15)23-19(27)11-18-16-8-3-4-9-17(16)25-26-18/h3-4,8-9,14-15H,5-7,10-11H2,1-2H3,(H,23,27)(H,24,28)(H,25,26)/t14-,15-/m1/s1. The highest BCUT2D eigenvalue weighted by atomic mass is 16.4. The van der Waals surface area contributed by atoms with Crippen LogP contribution in [0.2, 0.25) is 0 Å². The van der Waals surface area contributed by atoms with Gasteiger partial charge in [-0.3, -0.25) is 14.7 Å². The van der Waals surface area contributed by atoms with Gasteiger partial charge in [-0.2, -0.15) is 5.10 Å². The molecule has 0 aliphatic heterocycles. The van der Waals surface area contributed by atoms with Crippen LogP contribution in [0.4, 0.5) is 0 Å². The molecule has 8 heteroatoms. The van der Waals surface area contributed by atoms with Crippen LogP contribution < -0.4 is 10.6 Å². The van der Waals surface area contributed by atoms with Crippen LogP contribution in [-0.4, -0.2) is 39.1 Å². The van der Waals surface area contributed by atoms with E-state index in [-0.39, 0.29) is 36.1 Å². The topological polar surface area (TPSA) is 113 Å². The molecule has 4 rings (SSSR count). The number of aryl methyl sites for hydroxylation is 2. The number of H-pyrrole nitrogens is 1. The zero-order valence-corrected chi connectivity index (χ0v) is 16.6. The minimum atomic E-state index is -0.246. The van der Waals surface area contributed by atoms with E-state index in [0.29, 0.717) is 18.0 Å². The molecular weight excluding hydrogens is 370 g/mol. The zero-order chi connectivity index (χ0) is 20.4. The quantitative estimate of drug-likeness (QED) is 0.614. The van der Waals surface area contributed by atoms with Gasteiger partial charge in [0.2, 0.25) is 11.7 Å². The van der Waals surface area contributed by atoms with Gasteiger partial charge in [-0.15, -0.1) is 0 Å². The number of fused-ring (bicyclic) bond motifs is 1. The first-order valence-corrected chi connectivity index (χ1v) is 9.96. The molecule has 0 bridgehead atoms. The van der Waals surface area contributed by atoms with Crippen molar-refractivity contribution in [3.63, 3.8) is 0 Å². The van der Waals surface area contributed by atoms with E-state index < -0.39 is 0 Å². The van der Waals surface area contributed by atoms with Crippen LogP contribution in [0.15, 0.2) is 28.7 Å². The molecule has 3 aromatic rings. The number of rotatable bonds is 5. The molecule has 0 spiro atoms. The molecule has 152 valence electrons. The van der Waals surface area contributed by atoms with Gasteiger partial charge in [0.05, 0.1) is 23.3 Å². The molecule has 1 fully saturated rings. The molecule has 2 heterocycles. The second kappa shape index (κ2) is 8.06. The molecule has 3 N–H and O–H groups in total. The first-order chi connectivity index (χ1) is 14.0. The fourth-order valence-electron chi connectivity index (χ4n) is 4.03. The fourth-order valence-corrected chi connectivity index (χ4v) is 4.03. The second-order valence-corrected chi connectivity index (χ2v) is 7.64. The SMILES string of the molecule is Cc1nc(C)c(C(=O)N[C@@H]2CCC[C@@H](NC(=O)Cc3[nH]nc4ccccc34)C2)o1. The smallest absolute Gasteiger partial charge is 0.289 e. The molecule has 1 saturated carbocycles. The Morgan fingerprint density at radius 2 is 1.93 bits per heavy atom. The Bertz CT molecular complexity index is 1040. The molecule has 0 radical (unpaired) electrons. The van der Waals surface area contributed by atoms with Gasteiger partial charge < -0.3 is 15.1 Å². The summed E-state index contributed by atoms with van der Waals surface area (Å²) in [7, 11) is 0. The van der Waals surface area contributed by atoms with Crippen molar-refractivity contribution in [2.45, 2.75) is 58.0 Å². The molecule has 8 nitrogen and oxygen atoms in total. The van der Waals surface area contributed by atoms with Gasteiger partial charge in [0, 0.05) is 24.4 Å². The van der Waals surface area contributed by atoms with Crippen LogP contribution in [0, 0.1) is 13.8 Å². The van der Waals surface area contributed by atoms with E-state index in [1.165, 1.54) is 0 Å². The summed E-state index contributed by atoms with van der Waals surface area (Å²) in [5.41, 5.74) is 2.26. The summed E-state index contributed by atoms with van der Waals surface area (Å²) in [6.07, 6.45) is 3.69. The van der Waals surface area contributed by atoms with E-state index in [9.17, 15) is 9.59 Å². The number of para-hydroxylation sites is 1. The Morgan fingerprint density at radius 1 is 1.17 bits per heavy atom. The van der Waals surface area contributed by atoms with Crippen LogP contribution in [0.25, 0.3) is 10.9 Å². The molecule has 0 saturated heterocycles. The summed E-state index contributed by atoms with van der Waals surface area (Å²) in [6, 6.07) is 7.77. The minimum absolute atomic E-state index is 0.000610. The van der Waals surface area contributed by atoms with Gasteiger partial charge in [0.15, 0.2) is 5.89 Å². The number of amides is 2. The summed E-state index contributed by atoms with van der Waals surface area (Å²) in [6.45, 7) is 3.48. The number of aromatic nitrogens is 3. The number of carbonyl (C=O) groups excluding carboxylic acids is 2. The van der Waals surface area contributed by atoms with Crippen LogP contribution in [0.1, 0.15) is 53.5 Å². The lowest BCUT2D eigenvalue weighted by atomic mass is 9.90. The van der Waals surface area contributed by atoms with Gasteiger partial charge in [-0.1, -0.05) is 18.2 Å². The van der Waals surface area contributed by atoms with Crippen molar-refractivity contribution in [2.75, 3.05) is 0 Å². The number of oxazole rings is 1. The number of hydrogen-bond donors (Lipinski definition) is 3. The normalized spacial score (nSPS) is 19.2. The maximum Gasteiger partial charge on any atom is 0.289 e. The van der Waals surface area contributed by atoms with Gasteiger partial charge in [0.1, 0.15) is 0 Å². The van der Waals surface area contributed by atoms with E-state index in [1.54, 1.807) is 13.8 Å². The van der Waals surface area contributed by atoms with Crippen LogP contribution in [0.3, 0.4) is 0 Å². The number of nitrogens with one attached hydrogen (secondary N) is 3. The van der Waals surface area contributed by atoms with E-state index in [4.69, 9.17) is 4.42 Å². The van der Waals surface area contributed by atoms with Gasteiger partial charge in [-0.05, 0) is 38.7 Å². The predicted molar refractivity (Wildman–Crippen MR) is 107 cm³/mol. The molecule has 0 unspecified atom stereocenters. The van der Waals surface area contributed by atoms with Crippen molar-refractivity contribution in [1.29, 1.82) is 0 Å². The Labute approximate surface area is 168 Å². The second-order valence-electron chi connectivity index (χ2n) is 7.64. The summed E-state index contributed by atoms with van der Waals surface area (Å²) in [5, 5.41) is 14.3. The highest BCUT2D eigenvalue weighted by Crippen LogP contribution is 2.21. The Hall–Kier alpha value is -3.16. The molecule has 2 amide bonds. The average Bonchev–Trinajstić information content (AvgIpc) is 3.24. The molecule has 2 aromatic heterocycles. The van der Waals surface area contributed by atoms with E-state index in [0.717, 1.165) is 35.9 Å². The van der Waals surface area contributed by atoms with Crippen molar-refractivity contribution in [2.24, 2.45) is 0 Å². The van der Waals surface area contributed by atoms with Crippen molar-refractivity contribution in [1.82, 2.24) is 25.8 Å². The van der Waals surface area contributed by atoms with Gasteiger partial charge >= 0.3 is 0 Å². The first kappa shape index (κ1) is 19.2. The monoisotopic (exact) mass is 395 g/mol. The van der Waals surface area contributed by atoms with Gasteiger partial charge in [-0.25, -0.2) is 4.98 Å². The Kier molecular flexibility index (Phi) is 5.33. The van der Waals surface area contributed by atoms with E-state index in [2.05, 4.69) is 25.8 Å². The molecule has 29 heavy (non-hydrogen) atoms. The van der Waals surface area contributed by atoms with Crippen LogP contribution in [0.5, 0.6) is 0 Å². The lowest BCUT2D eigenvalue weighted by Crippen LogP contribution is -2.46. The zero-order valence-electron chi connectivity index (χ0n) is 16.6. The number of benzene rings is 1. The van der Waals surface area contributed by atoms with Crippen LogP contribution in [-0.2, 0) is 11.2 Å². The third-order valence-corrected chi connectivity index (χ3v) is 5.36. The van der Waals surface area contributed by atoms with E-state index in [1.807, 2.05) is 24.3 Å². The van der Waals surface area contributed by atoms with Crippen LogP contribution >= 0.6 is 0 Å². The third-order valence-electron chi connectivity index (χ3n) is 5.36.